The van der Waals surface area contributed by atoms with Crippen molar-refractivity contribution in [2.75, 3.05) is 28.2 Å². The number of hydrogen-bond donors (Lipinski definition) is 0. The van der Waals surface area contributed by atoms with E-state index in [-0.39, 0.29) is 67.6 Å². The first-order valence-electron chi connectivity index (χ1n) is 27.4. The van der Waals surface area contributed by atoms with E-state index in [0.29, 0.717) is 17.7 Å². The molecule has 78 heavy (non-hydrogen) atoms. The van der Waals surface area contributed by atoms with Crippen molar-refractivity contribution < 1.29 is 57.3 Å². The lowest BCUT2D eigenvalue weighted by atomic mass is 9.93. The number of hydrogen-bond acceptors (Lipinski definition) is 13. The smallest absolute Gasteiger partial charge is 0.329 e. The molecule has 18 heteroatoms. The summed E-state index contributed by atoms with van der Waals surface area (Å²) in [5.41, 5.74) is 3.00. The van der Waals surface area contributed by atoms with Crippen molar-refractivity contribution in [3.05, 3.63) is 89.2 Å². The van der Waals surface area contributed by atoms with Crippen molar-refractivity contribution >= 4 is 47.5 Å². The third-order valence-electron chi connectivity index (χ3n) is 13.9. The van der Waals surface area contributed by atoms with Gasteiger partial charge >= 0.3 is 23.9 Å². The van der Waals surface area contributed by atoms with E-state index in [4.69, 9.17) is 24.0 Å². The van der Waals surface area contributed by atoms with E-state index >= 15 is 4.79 Å². The van der Waals surface area contributed by atoms with Crippen LogP contribution in [0.25, 0.3) is 0 Å². The Balaban J connectivity index is 1.85. The number of rotatable bonds is 14. The standard InChI is InChI=1S/C60H88N6O12/c1-36(2)29-45-56(71)75-41(10)53(68)63(15)48(32-39(7)8)59(74)78-50(34-43-23-25-44(26-24-43)35-66-28-27-51(61-66)60(11,12)13)55(70)65(17)46(30-37(3)4)57(72)76-40(9)52(67)62(14)47(31-38(5)6)58(73)77-49(54(69)64(45)16)33-42-21-19-18-20-22-42/h18-28,36-41,45-50H,29-35H2,1-17H3/t40-,41-,45+,46+,47+,48+,49-,50-/m1/s1. The molecule has 2 heterocycles. The largest absolute Gasteiger partial charge is 0.451 e. The number of nitrogens with zero attached hydrogens (tertiary/aromatic N) is 6. The van der Waals surface area contributed by atoms with Gasteiger partial charge in [-0.3, -0.25) is 23.9 Å². The number of ether oxygens (including phenoxy) is 4. The summed E-state index contributed by atoms with van der Waals surface area (Å²) < 4.78 is 25.9. The van der Waals surface area contributed by atoms with Crippen LogP contribution in [0.1, 0.15) is 138 Å². The fraction of sp³-hybridized carbons (Fsp3) is 0.617. The lowest BCUT2D eigenvalue weighted by Gasteiger charge is -2.35. The molecule has 1 aliphatic heterocycles. The van der Waals surface area contributed by atoms with Crippen molar-refractivity contribution in [1.82, 2.24) is 29.4 Å². The number of carbonyl (C=O) groups excluding carboxylic acids is 8. The predicted octanol–water partition coefficient (Wildman–Crippen LogP) is 7.21. The minimum Gasteiger partial charge on any atom is -0.451 e. The Labute approximate surface area is 462 Å². The summed E-state index contributed by atoms with van der Waals surface area (Å²) >= 11 is 0. The van der Waals surface area contributed by atoms with Crippen molar-refractivity contribution in [3.63, 3.8) is 0 Å². The van der Waals surface area contributed by atoms with Crippen LogP contribution in [0.5, 0.6) is 0 Å². The van der Waals surface area contributed by atoms with Gasteiger partial charge in [0.2, 0.25) is 0 Å². The van der Waals surface area contributed by atoms with Gasteiger partial charge in [-0.05, 0) is 86.0 Å². The fourth-order valence-corrected chi connectivity index (χ4v) is 9.34. The third kappa shape index (κ3) is 18.0. The molecule has 1 saturated heterocycles. The van der Waals surface area contributed by atoms with Gasteiger partial charge in [0.25, 0.3) is 23.6 Å². The van der Waals surface area contributed by atoms with Gasteiger partial charge in [0.15, 0.2) is 24.4 Å². The van der Waals surface area contributed by atoms with Crippen LogP contribution in [-0.4, -0.2) is 154 Å². The third-order valence-corrected chi connectivity index (χ3v) is 13.9. The summed E-state index contributed by atoms with van der Waals surface area (Å²) in [6.45, 7) is 24.3. The molecule has 1 fully saturated rings. The molecule has 4 amide bonds. The first-order valence-corrected chi connectivity index (χ1v) is 27.4. The minimum absolute atomic E-state index is 0.0889. The molecule has 0 N–H and O–H groups in total. The van der Waals surface area contributed by atoms with Gasteiger partial charge in [-0.25, -0.2) is 19.2 Å². The first-order chi connectivity index (χ1) is 36.4. The number of aromatic nitrogens is 2. The van der Waals surface area contributed by atoms with E-state index in [0.717, 1.165) is 26.0 Å². The maximum Gasteiger partial charge on any atom is 0.329 e. The number of cyclic esters (lactones) is 4. The molecule has 0 saturated carbocycles. The van der Waals surface area contributed by atoms with Crippen LogP contribution in [0.2, 0.25) is 0 Å². The molecule has 2 aromatic carbocycles. The van der Waals surface area contributed by atoms with E-state index in [9.17, 15) is 33.6 Å². The topological polar surface area (TPSA) is 204 Å². The Morgan fingerprint density at radius 1 is 0.449 bits per heavy atom. The maximum atomic E-state index is 15.0. The Morgan fingerprint density at radius 2 is 0.769 bits per heavy atom. The number of benzene rings is 2. The Morgan fingerprint density at radius 3 is 1.10 bits per heavy atom. The first kappa shape index (κ1) is 63.9. The molecule has 8 atom stereocenters. The van der Waals surface area contributed by atoms with Crippen LogP contribution in [0, 0.1) is 23.7 Å². The molecule has 18 nitrogen and oxygen atoms in total. The van der Waals surface area contributed by atoms with E-state index in [1.165, 1.54) is 46.9 Å². The molecule has 0 aliphatic carbocycles. The van der Waals surface area contributed by atoms with Crippen molar-refractivity contribution in [1.29, 1.82) is 0 Å². The van der Waals surface area contributed by atoms with Gasteiger partial charge in [-0.1, -0.05) is 131 Å². The number of likely N-dealkylation sites (N-methyl/N-ethyl adjacent to an activating group) is 4. The van der Waals surface area contributed by atoms with Crippen LogP contribution in [-0.2, 0) is 82.1 Å². The molecule has 0 spiro atoms. The zero-order valence-electron chi connectivity index (χ0n) is 49.3. The highest BCUT2D eigenvalue weighted by molar-refractivity contribution is 5.94. The highest BCUT2D eigenvalue weighted by atomic mass is 16.6. The molecular weight excluding hydrogens is 997 g/mol. The lowest BCUT2D eigenvalue weighted by Crippen LogP contribution is -2.55. The highest BCUT2D eigenvalue weighted by Crippen LogP contribution is 2.25. The molecule has 3 aromatic rings. The number of carbonyl (C=O) groups is 8. The summed E-state index contributed by atoms with van der Waals surface area (Å²) in [6.07, 6.45) is -3.87. The van der Waals surface area contributed by atoms with Crippen molar-refractivity contribution in [3.8, 4) is 0 Å². The molecule has 4 rings (SSSR count). The van der Waals surface area contributed by atoms with Crippen LogP contribution in [0.15, 0.2) is 66.9 Å². The SMILES string of the molecule is CC(C)C[C@H]1C(=O)O[C@H](Cc2ccc(Cn3ccc(C(C)(C)C)n3)cc2)C(=O)N(C)[C@@H](CC(C)C)C(=O)O[C@H](C)C(=O)N(C)[C@@H](CC(C)C)C(=O)O[C@H](Cc2ccccc2)C(=O)N(C)[C@@H](CC(C)C)C(=O)O[C@H](C)C(=O)N1C. The second-order valence-electron chi connectivity index (χ2n) is 23.7. The molecule has 1 aliphatic rings. The average molecular weight is 1090 g/mol. The zero-order chi connectivity index (χ0) is 58.5. The van der Waals surface area contributed by atoms with Crippen LogP contribution in [0.3, 0.4) is 0 Å². The summed E-state index contributed by atoms with van der Waals surface area (Å²) in [6, 6.07) is 13.2. The van der Waals surface area contributed by atoms with Crippen molar-refractivity contribution in [2.45, 2.75) is 189 Å². The van der Waals surface area contributed by atoms with Gasteiger partial charge in [-0.15, -0.1) is 0 Å². The highest BCUT2D eigenvalue weighted by Gasteiger charge is 2.43. The van der Waals surface area contributed by atoms with Gasteiger partial charge in [0, 0.05) is 52.6 Å². The second kappa shape index (κ2) is 28.3. The van der Waals surface area contributed by atoms with Gasteiger partial charge in [0.05, 0.1) is 12.2 Å². The monoisotopic (exact) mass is 1080 g/mol. The molecule has 430 valence electrons. The predicted molar refractivity (Wildman–Crippen MR) is 295 cm³/mol. The van der Waals surface area contributed by atoms with Crippen LogP contribution < -0.4 is 0 Å². The van der Waals surface area contributed by atoms with E-state index in [1.54, 1.807) is 30.3 Å². The molecule has 0 unspecified atom stereocenters. The maximum absolute atomic E-state index is 15.0. The number of amides is 4. The second-order valence-corrected chi connectivity index (χ2v) is 23.7. The Kier molecular flexibility index (Phi) is 23.2. The molecule has 0 radical (unpaired) electrons. The average Bonchev–Trinajstić information content (AvgIpc) is 3.85. The summed E-state index contributed by atoms with van der Waals surface area (Å²) in [7, 11) is 5.58. The molecule has 0 bridgehead atoms. The van der Waals surface area contributed by atoms with Crippen LogP contribution in [0.4, 0.5) is 0 Å². The molecule has 1 aromatic heterocycles. The van der Waals surface area contributed by atoms with Crippen molar-refractivity contribution in [2.24, 2.45) is 23.7 Å². The minimum atomic E-state index is -1.53. The van der Waals surface area contributed by atoms with Gasteiger partial charge in [0.1, 0.15) is 24.2 Å². The summed E-state index contributed by atoms with van der Waals surface area (Å²) in [5.74, 6) is -7.28. The van der Waals surface area contributed by atoms with Gasteiger partial charge < -0.3 is 38.5 Å². The molecular formula is C60H88N6O12. The van der Waals surface area contributed by atoms with E-state index in [1.807, 2.05) is 96.6 Å². The van der Waals surface area contributed by atoms with E-state index < -0.39 is 96.1 Å². The Bertz CT molecular complexity index is 2500. The quantitative estimate of drug-likeness (QED) is 0.116. The summed E-state index contributed by atoms with van der Waals surface area (Å²) in [4.78, 5) is 121. The zero-order valence-corrected chi connectivity index (χ0v) is 49.3. The van der Waals surface area contributed by atoms with Crippen LogP contribution >= 0.6 is 0 Å². The number of esters is 4. The van der Waals surface area contributed by atoms with E-state index in [2.05, 4.69) is 20.8 Å². The summed E-state index contributed by atoms with van der Waals surface area (Å²) in [5, 5.41) is 4.74. The fourth-order valence-electron chi connectivity index (χ4n) is 9.34. The Hall–Kier alpha value is -6.59. The van der Waals surface area contributed by atoms with Gasteiger partial charge in [-0.2, -0.15) is 5.10 Å². The normalized spacial score (nSPS) is 23.8. The lowest BCUT2D eigenvalue weighted by molar-refractivity contribution is -0.176.